The number of amides is 6. The maximum absolute atomic E-state index is 13.6. The van der Waals surface area contributed by atoms with E-state index in [0.717, 1.165) is 17.3 Å². The van der Waals surface area contributed by atoms with Gasteiger partial charge in [-0.1, -0.05) is 62.4 Å². The molecule has 0 unspecified atom stereocenters. The Balaban J connectivity index is 1.44. The number of H-pyrrole nitrogens is 1. The first-order valence-electron chi connectivity index (χ1n) is 18.8. The van der Waals surface area contributed by atoms with Gasteiger partial charge in [0.25, 0.3) is 0 Å². The number of aromatic amines is 1. The summed E-state index contributed by atoms with van der Waals surface area (Å²) in [5.41, 5.74) is 2.06. The second-order valence-electron chi connectivity index (χ2n) is 14.3. The molecule has 308 valence electrons. The first-order valence-corrected chi connectivity index (χ1v) is 18.8. The van der Waals surface area contributed by atoms with Gasteiger partial charge < -0.3 is 57.5 Å². The third-order valence-corrected chi connectivity index (χ3v) is 9.57. The number of carboxylic acid groups (broad SMARTS) is 1. The van der Waals surface area contributed by atoms with Gasteiger partial charge in [0.15, 0.2) is 0 Å². The normalized spacial score (nSPS) is 17.0. The van der Waals surface area contributed by atoms with Crippen LogP contribution in [0.2, 0.25) is 0 Å². The predicted octanol–water partition coefficient (Wildman–Crippen LogP) is -1.64. The monoisotopic (exact) mass is 792 g/mol. The SMILES string of the molecule is CC(C)[C@H](NC(=O)[C@H](Cc1c[nH]c2ccccc12)NC(=O)[C@@H](NC(=O)CNC(=O)[C@H](Cc1ccccc1)NC(=O)[C@H](CO)NC(=O)[C@@H]1CCCN1)[C@@H](C)O)C(=O)O. The number of hydrogen-bond acceptors (Lipinski definition) is 10. The second-order valence-corrected chi connectivity index (χ2v) is 14.3. The molecule has 6 amide bonds. The lowest BCUT2D eigenvalue weighted by molar-refractivity contribution is -0.143. The van der Waals surface area contributed by atoms with Gasteiger partial charge in [0.2, 0.25) is 35.4 Å². The van der Waals surface area contributed by atoms with Gasteiger partial charge in [0, 0.05) is 29.9 Å². The van der Waals surface area contributed by atoms with Gasteiger partial charge >= 0.3 is 5.97 Å². The summed E-state index contributed by atoms with van der Waals surface area (Å²) in [6.07, 6.45) is 1.42. The number of carbonyl (C=O) groups is 7. The molecule has 1 fully saturated rings. The highest BCUT2D eigenvalue weighted by Crippen LogP contribution is 2.20. The maximum Gasteiger partial charge on any atom is 0.326 e. The second kappa shape index (κ2) is 20.9. The summed E-state index contributed by atoms with van der Waals surface area (Å²) < 4.78 is 0. The quantitative estimate of drug-likeness (QED) is 0.0617. The number of carbonyl (C=O) groups excluding carboxylic acids is 6. The summed E-state index contributed by atoms with van der Waals surface area (Å²) >= 11 is 0. The summed E-state index contributed by atoms with van der Waals surface area (Å²) in [6.45, 7) is 3.67. The number of aliphatic carboxylic acids is 1. The third kappa shape index (κ3) is 12.6. The van der Waals surface area contributed by atoms with Crippen LogP contribution in [0.3, 0.4) is 0 Å². The fourth-order valence-corrected chi connectivity index (χ4v) is 6.39. The Morgan fingerprint density at radius 3 is 2.04 bits per heavy atom. The van der Waals surface area contributed by atoms with Crippen LogP contribution in [0.4, 0.5) is 0 Å². The van der Waals surface area contributed by atoms with E-state index in [1.807, 2.05) is 18.2 Å². The maximum atomic E-state index is 13.6. The molecule has 18 heteroatoms. The first kappa shape index (κ1) is 43.9. The number of aromatic nitrogens is 1. The van der Waals surface area contributed by atoms with Crippen molar-refractivity contribution in [2.24, 2.45) is 5.92 Å². The average Bonchev–Trinajstić information content (AvgIpc) is 3.87. The number of aliphatic hydroxyl groups is 2. The lowest BCUT2D eigenvalue weighted by Crippen LogP contribution is -2.60. The number of benzene rings is 2. The van der Waals surface area contributed by atoms with Crippen LogP contribution < -0.4 is 37.2 Å². The van der Waals surface area contributed by atoms with Crippen LogP contribution in [0.15, 0.2) is 60.8 Å². The molecule has 1 aromatic heterocycles. The zero-order valence-corrected chi connectivity index (χ0v) is 32.0. The molecule has 1 saturated heterocycles. The molecule has 1 aliphatic rings. The van der Waals surface area contributed by atoms with Crippen molar-refractivity contribution >= 4 is 52.3 Å². The van der Waals surface area contributed by atoms with Crippen molar-refractivity contribution in [3.8, 4) is 0 Å². The van der Waals surface area contributed by atoms with Crippen molar-refractivity contribution in [1.29, 1.82) is 0 Å². The van der Waals surface area contributed by atoms with Crippen LogP contribution in [-0.4, -0.2) is 124 Å². The minimum Gasteiger partial charge on any atom is -0.480 e. The molecule has 57 heavy (non-hydrogen) atoms. The van der Waals surface area contributed by atoms with E-state index in [2.05, 4.69) is 42.2 Å². The number of para-hydroxylation sites is 1. The van der Waals surface area contributed by atoms with Crippen LogP contribution in [0.5, 0.6) is 0 Å². The van der Waals surface area contributed by atoms with Crippen LogP contribution in [-0.2, 0) is 46.4 Å². The number of fused-ring (bicyclic) bond motifs is 1. The van der Waals surface area contributed by atoms with Crippen LogP contribution >= 0.6 is 0 Å². The zero-order chi connectivity index (χ0) is 41.6. The standard InChI is InChI=1S/C39H52N8O10/c1-21(2)32(39(56)57)47-36(53)29(17-24-18-41-26-13-8-7-12-25(24)26)44-38(55)33(22(3)49)46-31(50)19-42-34(51)28(16-23-10-5-4-6-11-23)43-37(54)30(20-48)45-35(52)27-14-9-15-40-27/h4-8,10-13,18,21-22,27-30,32-33,40-41,48-49H,9,14-17,19-20H2,1-3H3,(H,42,51)(H,43,54)(H,44,55)(H,45,52)(H,46,50)(H,47,53)(H,56,57)/t22-,27+,28+,29+,30+,32+,33+/m1/s1. The van der Waals surface area contributed by atoms with Gasteiger partial charge in [-0.3, -0.25) is 28.8 Å². The Morgan fingerprint density at radius 1 is 0.754 bits per heavy atom. The Morgan fingerprint density at radius 2 is 1.40 bits per heavy atom. The molecule has 2 heterocycles. The molecule has 0 bridgehead atoms. The molecule has 7 atom stereocenters. The van der Waals surface area contributed by atoms with Gasteiger partial charge in [-0.05, 0) is 49.4 Å². The molecule has 18 nitrogen and oxygen atoms in total. The van der Waals surface area contributed by atoms with Gasteiger partial charge in [0.1, 0.15) is 30.2 Å². The number of aliphatic hydroxyl groups excluding tert-OH is 2. The van der Waals surface area contributed by atoms with E-state index in [-0.39, 0.29) is 12.8 Å². The molecule has 0 radical (unpaired) electrons. The van der Waals surface area contributed by atoms with E-state index < -0.39 is 103 Å². The molecular formula is C39H52N8O10. The summed E-state index contributed by atoms with van der Waals surface area (Å²) in [4.78, 5) is 94.5. The van der Waals surface area contributed by atoms with Gasteiger partial charge in [-0.15, -0.1) is 0 Å². The van der Waals surface area contributed by atoms with Gasteiger partial charge in [-0.2, -0.15) is 0 Å². The molecule has 0 saturated carbocycles. The smallest absolute Gasteiger partial charge is 0.326 e. The zero-order valence-electron chi connectivity index (χ0n) is 32.0. The molecule has 3 aromatic rings. The summed E-state index contributed by atoms with van der Waals surface area (Å²) in [5.74, 6) is -6.52. The van der Waals surface area contributed by atoms with Gasteiger partial charge in [0.05, 0.1) is 25.3 Å². The van der Waals surface area contributed by atoms with Crippen molar-refractivity contribution in [2.45, 2.75) is 88.8 Å². The predicted molar refractivity (Wildman–Crippen MR) is 207 cm³/mol. The van der Waals surface area contributed by atoms with Crippen LogP contribution in [0.1, 0.15) is 44.7 Å². The summed E-state index contributed by atoms with van der Waals surface area (Å²) in [5, 5.41) is 48.8. The van der Waals surface area contributed by atoms with E-state index in [1.165, 1.54) is 6.92 Å². The van der Waals surface area contributed by atoms with Crippen LogP contribution in [0.25, 0.3) is 10.9 Å². The van der Waals surface area contributed by atoms with Crippen molar-refractivity contribution in [1.82, 2.24) is 42.2 Å². The first-order chi connectivity index (χ1) is 27.2. The molecular weight excluding hydrogens is 740 g/mol. The molecule has 1 aliphatic heterocycles. The van der Waals surface area contributed by atoms with Crippen molar-refractivity contribution < 1.29 is 48.9 Å². The number of rotatable bonds is 20. The highest BCUT2D eigenvalue weighted by Gasteiger charge is 2.34. The topological polar surface area (TPSA) is 280 Å². The molecule has 0 aliphatic carbocycles. The molecule has 4 rings (SSSR count). The summed E-state index contributed by atoms with van der Waals surface area (Å²) in [6, 6.07) is 8.56. The number of hydrogen-bond donors (Lipinski definition) is 11. The van der Waals surface area contributed by atoms with E-state index >= 15 is 0 Å². The Labute approximate surface area is 329 Å². The minimum absolute atomic E-state index is 0.0194. The highest BCUT2D eigenvalue weighted by atomic mass is 16.4. The molecule has 0 spiro atoms. The van der Waals surface area contributed by atoms with Crippen LogP contribution in [0, 0.1) is 5.92 Å². The molecule has 2 aromatic carbocycles. The number of carboxylic acids is 1. The summed E-state index contributed by atoms with van der Waals surface area (Å²) in [7, 11) is 0. The van der Waals surface area contributed by atoms with Gasteiger partial charge in [-0.25, -0.2) is 4.79 Å². The van der Waals surface area contributed by atoms with Crippen molar-refractivity contribution in [3.63, 3.8) is 0 Å². The van der Waals surface area contributed by atoms with E-state index in [9.17, 15) is 48.9 Å². The lowest BCUT2D eigenvalue weighted by Gasteiger charge is -2.26. The van der Waals surface area contributed by atoms with Crippen molar-refractivity contribution in [2.75, 3.05) is 19.7 Å². The Hall–Kier alpha value is -5.85. The molecule has 11 N–H and O–H groups in total. The fraction of sp³-hybridized carbons (Fsp3) is 0.462. The largest absolute Gasteiger partial charge is 0.480 e. The fourth-order valence-electron chi connectivity index (χ4n) is 6.39. The minimum atomic E-state index is -1.61. The third-order valence-electron chi connectivity index (χ3n) is 9.57. The van der Waals surface area contributed by atoms with E-state index in [4.69, 9.17) is 0 Å². The van der Waals surface area contributed by atoms with E-state index in [0.29, 0.717) is 24.1 Å². The average molecular weight is 793 g/mol. The Bertz CT molecular complexity index is 1880. The van der Waals surface area contributed by atoms with E-state index in [1.54, 1.807) is 56.4 Å². The lowest BCUT2D eigenvalue weighted by atomic mass is 10.0. The van der Waals surface area contributed by atoms with Crippen molar-refractivity contribution in [3.05, 3.63) is 71.9 Å². The number of nitrogens with one attached hydrogen (secondary N) is 8. The highest BCUT2D eigenvalue weighted by molar-refractivity contribution is 5.97. The Kier molecular flexibility index (Phi) is 16.1.